The SMILES string of the molecule is CCCCN1C(=O)C(=CC2C(=O)Nc3ccccc32)SC1=S. The molecule has 0 bridgehead atoms. The van der Waals surface area contributed by atoms with E-state index in [9.17, 15) is 9.59 Å². The quantitative estimate of drug-likeness (QED) is 0.679. The summed E-state index contributed by atoms with van der Waals surface area (Å²) >= 11 is 6.57. The number of nitrogens with zero attached hydrogens (tertiary/aromatic N) is 1. The topological polar surface area (TPSA) is 49.4 Å². The van der Waals surface area contributed by atoms with Crippen molar-refractivity contribution in [2.75, 3.05) is 11.9 Å². The van der Waals surface area contributed by atoms with E-state index in [0.29, 0.717) is 15.8 Å². The van der Waals surface area contributed by atoms with Crippen LogP contribution in [0.25, 0.3) is 0 Å². The smallest absolute Gasteiger partial charge is 0.265 e. The second-order valence-corrected chi connectivity index (χ2v) is 6.94. The first kappa shape index (κ1) is 15.2. The lowest BCUT2D eigenvalue weighted by molar-refractivity contribution is -0.122. The maximum Gasteiger partial charge on any atom is 0.265 e. The van der Waals surface area contributed by atoms with Gasteiger partial charge in [-0.3, -0.25) is 14.5 Å². The molecule has 0 aliphatic carbocycles. The van der Waals surface area contributed by atoms with Crippen LogP contribution in [0.5, 0.6) is 0 Å². The molecule has 0 spiro atoms. The van der Waals surface area contributed by atoms with Crippen LogP contribution >= 0.6 is 24.0 Å². The third kappa shape index (κ3) is 2.68. The number of thiocarbonyl (C=S) groups is 1. The van der Waals surface area contributed by atoms with Crippen LogP contribution in [0.15, 0.2) is 35.2 Å². The van der Waals surface area contributed by atoms with Crippen LogP contribution in [0.3, 0.4) is 0 Å². The minimum atomic E-state index is -0.420. The zero-order valence-electron chi connectivity index (χ0n) is 12.2. The van der Waals surface area contributed by atoms with Crippen molar-refractivity contribution in [3.8, 4) is 0 Å². The molecule has 0 saturated carbocycles. The van der Waals surface area contributed by atoms with Crippen LogP contribution in [0.1, 0.15) is 31.2 Å². The van der Waals surface area contributed by atoms with Gasteiger partial charge in [0.15, 0.2) is 0 Å². The Hall–Kier alpha value is -1.66. The van der Waals surface area contributed by atoms with E-state index in [0.717, 1.165) is 24.1 Å². The van der Waals surface area contributed by atoms with Crippen LogP contribution in [0.2, 0.25) is 0 Å². The first-order valence-corrected chi connectivity index (χ1v) is 8.49. The Bertz CT molecular complexity index is 684. The predicted octanol–water partition coefficient (Wildman–Crippen LogP) is 3.27. The molecule has 2 aliphatic heterocycles. The number of unbranched alkanes of at least 4 members (excludes halogenated alkanes) is 1. The number of rotatable bonds is 4. The van der Waals surface area contributed by atoms with Crippen molar-refractivity contribution in [3.05, 3.63) is 40.8 Å². The minimum absolute atomic E-state index is 0.0827. The number of hydrogen-bond donors (Lipinski definition) is 1. The molecule has 6 heteroatoms. The van der Waals surface area contributed by atoms with Gasteiger partial charge in [0.2, 0.25) is 5.91 Å². The number of carbonyl (C=O) groups is 2. The molecule has 1 aromatic rings. The second kappa shape index (κ2) is 6.22. The first-order chi connectivity index (χ1) is 10.6. The Morgan fingerprint density at radius 1 is 1.36 bits per heavy atom. The molecule has 1 N–H and O–H groups in total. The third-order valence-electron chi connectivity index (χ3n) is 3.76. The number of amides is 2. The summed E-state index contributed by atoms with van der Waals surface area (Å²) in [7, 11) is 0. The molecule has 22 heavy (non-hydrogen) atoms. The number of anilines is 1. The number of carbonyl (C=O) groups excluding carboxylic acids is 2. The van der Waals surface area contributed by atoms with E-state index >= 15 is 0 Å². The van der Waals surface area contributed by atoms with Gasteiger partial charge in [-0.2, -0.15) is 0 Å². The normalized spacial score (nSPS) is 22.4. The lowest BCUT2D eigenvalue weighted by Gasteiger charge is -2.13. The summed E-state index contributed by atoms with van der Waals surface area (Å²) in [6.07, 6.45) is 3.67. The highest BCUT2D eigenvalue weighted by molar-refractivity contribution is 8.26. The zero-order valence-corrected chi connectivity index (χ0v) is 13.8. The Morgan fingerprint density at radius 2 is 2.14 bits per heavy atom. The Morgan fingerprint density at radius 3 is 2.91 bits per heavy atom. The summed E-state index contributed by atoms with van der Waals surface area (Å²) in [5.74, 6) is -0.600. The van der Waals surface area contributed by atoms with Crippen LogP contribution < -0.4 is 5.32 Å². The maximum absolute atomic E-state index is 12.4. The minimum Gasteiger partial charge on any atom is -0.325 e. The number of thioether (sulfide) groups is 1. The fourth-order valence-electron chi connectivity index (χ4n) is 2.57. The molecule has 2 amide bonds. The van der Waals surface area contributed by atoms with Crippen molar-refractivity contribution < 1.29 is 9.59 Å². The molecule has 3 rings (SSSR count). The predicted molar refractivity (Wildman–Crippen MR) is 92.7 cm³/mol. The number of benzene rings is 1. The standard InChI is InChI=1S/C16H16N2O2S2/c1-2-3-8-18-15(20)13(22-16(18)21)9-11-10-6-4-5-7-12(10)17-14(11)19/h4-7,9,11H,2-3,8H2,1H3,(H,17,19). The van der Waals surface area contributed by atoms with Crippen molar-refractivity contribution in [2.24, 2.45) is 0 Å². The van der Waals surface area contributed by atoms with Gasteiger partial charge in [-0.15, -0.1) is 0 Å². The van der Waals surface area contributed by atoms with Gasteiger partial charge in [0.25, 0.3) is 5.91 Å². The number of fused-ring (bicyclic) bond motifs is 1. The van der Waals surface area contributed by atoms with E-state index < -0.39 is 5.92 Å². The van der Waals surface area contributed by atoms with Crippen LogP contribution in [0.4, 0.5) is 5.69 Å². The van der Waals surface area contributed by atoms with Crippen molar-refractivity contribution >= 4 is 45.8 Å². The van der Waals surface area contributed by atoms with Gasteiger partial charge in [0.1, 0.15) is 4.32 Å². The average Bonchev–Trinajstić information content (AvgIpc) is 2.96. The van der Waals surface area contributed by atoms with E-state index in [1.165, 1.54) is 11.8 Å². The Kier molecular flexibility index (Phi) is 4.31. The van der Waals surface area contributed by atoms with Crippen LogP contribution in [0, 0.1) is 0 Å². The molecular weight excluding hydrogens is 316 g/mol. The molecule has 2 aliphatic rings. The zero-order chi connectivity index (χ0) is 15.7. The van der Waals surface area contributed by atoms with Gasteiger partial charge in [0.05, 0.1) is 10.8 Å². The van der Waals surface area contributed by atoms with E-state index in [1.54, 1.807) is 11.0 Å². The van der Waals surface area contributed by atoms with Gasteiger partial charge < -0.3 is 5.32 Å². The fourth-order valence-corrected chi connectivity index (χ4v) is 3.89. The van der Waals surface area contributed by atoms with E-state index in [4.69, 9.17) is 12.2 Å². The Balaban J connectivity index is 1.86. The molecule has 1 fully saturated rings. The average molecular weight is 332 g/mol. The van der Waals surface area contributed by atoms with Crippen molar-refractivity contribution in [3.63, 3.8) is 0 Å². The van der Waals surface area contributed by atoms with E-state index in [1.807, 2.05) is 24.3 Å². The largest absolute Gasteiger partial charge is 0.325 e. The monoisotopic (exact) mass is 332 g/mol. The molecule has 1 unspecified atom stereocenters. The van der Waals surface area contributed by atoms with Gasteiger partial charge in [0, 0.05) is 12.2 Å². The molecular formula is C16H16N2O2S2. The summed E-state index contributed by atoms with van der Waals surface area (Å²) in [6.45, 7) is 2.72. The fraction of sp³-hybridized carbons (Fsp3) is 0.312. The van der Waals surface area contributed by atoms with Crippen LogP contribution in [-0.4, -0.2) is 27.6 Å². The summed E-state index contributed by atoms with van der Waals surface area (Å²) in [5, 5.41) is 2.84. The molecule has 1 saturated heterocycles. The lowest BCUT2D eigenvalue weighted by Crippen LogP contribution is -2.29. The van der Waals surface area contributed by atoms with Crippen molar-refractivity contribution in [1.82, 2.24) is 4.90 Å². The highest BCUT2D eigenvalue weighted by Crippen LogP contribution is 2.38. The summed E-state index contributed by atoms with van der Waals surface area (Å²) < 4.78 is 0.580. The molecule has 4 nitrogen and oxygen atoms in total. The first-order valence-electron chi connectivity index (χ1n) is 7.27. The highest BCUT2D eigenvalue weighted by atomic mass is 32.2. The van der Waals surface area contributed by atoms with E-state index in [2.05, 4.69) is 12.2 Å². The number of nitrogens with one attached hydrogen (secondary N) is 1. The van der Waals surface area contributed by atoms with Gasteiger partial charge >= 0.3 is 0 Å². The number of hydrogen-bond acceptors (Lipinski definition) is 4. The van der Waals surface area contributed by atoms with Gasteiger partial charge in [-0.25, -0.2) is 0 Å². The summed E-state index contributed by atoms with van der Waals surface area (Å²) in [4.78, 5) is 26.8. The maximum atomic E-state index is 12.4. The van der Waals surface area contributed by atoms with Crippen molar-refractivity contribution in [2.45, 2.75) is 25.7 Å². The Labute approximate surface area is 138 Å². The summed E-state index contributed by atoms with van der Waals surface area (Å²) in [6, 6.07) is 7.55. The van der Waals surface area contributed by atoms with E-state index in [-0.39, 0.29) is 11.8 Å². The second-order valence-electron chi connectivity index (χ2n) is 5.26. The van der Waals surface area contributed by atoms with Crippen LogP contribution in [-0.2, 0) is 9.59 Å². The molecule has 114 valence electrons. The lowest BCUT2D eigenvalue weighted by atomic mass is 10.0. The molecule has 2 heterocycles. The van der Waals surface area contributed by atoms with Gasteiger partial charge in [-0.05, 0) is 24.1 Å². The highest BCUT2D eigenvalue weighted by Gasteiger charge is 2.35. The molecule has 1 atom stereocenters. The summed E-state index contributed by atoms with van der Waals surface area (Å²) in [5.41, 5.74) is 1.72. The van der Waals surface area contributed by atoms with Gasteiger partial charge in [-0.1, -0.05) is 55.5 Å². The van der Waals surface area contributed by atoms with Crippen molar-refractivity contribution in [1.29, 1.82) is 0 Å². The third-order valence-corrected chi connectivity index (χ3v) is 5.16. The molecule has 1 aromatic carbocycles. The molecule has 0 aromatic heterocycles. The molecule has 0 radical (unpaired) electrons. The number of para-hydroxylation sites is 1.